The molecular weight excluding hydrogens is 336 g/mol. The Labute approximate surface area is 149 Å². The van der Waals surface area contributed by atoms with Crippen molar-refractivity contribution in [2.75, 3.05) is 22.1 Å². The molecule has 0 spiro atoms. The van der Waals surface area contributed by atoms with E-state index in [1.54, 1.807) is 6.20 Å². The van der Waals surface area contributed by atoms with Crippen LogP contribution in [0.15, 0.2) is 48.7 Å². The molecule has 25 heavy (non-hydrogen) atoms. The Balaban J connectivity index is 1.46. The van der Waals surface area contributed by atoms with Crippen LogP contribution in [0.5, 0.6) is 0 Å². The highest BCUT2D eigenvalue weighted by Gasteiger charge is 2.09. The van der Waals surface area contributed by atoms with Gasteiger partial charge in [-0.25, -0.2) is 0 Å². The quantitative estimate of drug-likeness (QED) is 0.634. The van der Waals surface area contributed by atoms with Gasteiger partial charge in [-0.2, -0.15) is 5.10 Å². The van der Waals surface area contributed by atoms with Crippen LogP contribution in [0.2, 0.25) is 0 Å². The molecule has 0 aliphatic heterocycles. The van der Waals surface area contributed by atoms with Crippen molar-refractivity contribution in [2.45, 2.75) is 6.92 Å². The van der Waals surface area contributed by atoms with Gasteiger partial charge in [0.05, 0.1) is 28.9 Å². The van der Waals surface area contributed by atoms with Gasteiger partial charge < -0.3 is 10.6 Å². The van der Waals surface area contributed by atoms with Gasteiger partial charge in [-0.15, -0.1) is 11.8 Å². The number of para-hydroxylation sites is 1. The Hall–Kier alpha value is -2.80. The van der Waals surface area contributed by atoms with Gasteiger partial charge in [0.1, 0.15) is 0 Å². The zero-order chi connectivity index (χ0) is 17.6. The Morgan fingerprint density at radius 2 is 1.84 bits per heavy atom. The van der Waals surface area contributed by atoms with Crippen molar-refractivity contribution < 1.29 is 9.59 Å². The Morgan fingerprint density at radius 1 is 1.08 bits per heavy atom. The molecule has 0 aliphatic carbocycles. The fourth-order valence-electron chi connectivity index (χ4n) is 2.42. The van der Waals surface area contributed by atoms with Crippen LogP contribution in [0.4, 0.5) is 11.4 Å². The number of amides is 2. The SMILES string of the molecule is Cc1cccc(NC(=O)CSCC(=O)Nc2cccc3cn[nH]c23)c1. The summed E-state index contributed by atoms with van der Waals surface area (Å²) in [5.74, 6) is 0.135. The zero-order valence-electron chi connectivity index (χ0n) is 13.7. The third-order valence-corrected chi connectivity index (χ3v) is 4.45. The predicted molar refractivity (Wildman–Crippen MR) is 102 cm³/mol. The molecule has 3 aromatic rings. The van der Waals surface area contributed by atoms with Crippen LogP contribution >= 0.6 is 11.8 Å². The van der Waals surface area contributed by atoms with Crippen LogP contribution < -0.4 is 10.6 Å². The number of carbonyl (C=O) groups is 2. The summed E-state index contributed by atoms with van der Waals surface area (Å²) < 4.78 is 0. The summed E-state index contributed by atoms with van der Waals surface area (Å²) in [5, 5.41) is 13.4. The van der Waals surface area contributed by atoms with Gasteiger partial charge in [-0.05, 0) is 30.7 Å². The lowest BCUT2D eigenvalue weighted by atomic mass is 10.2. The van der Waals surface area contributed by atoms with E-state index >= 15 is 0 Å². The highest BCUT2D eigenvalue weighted by atomic mass is 32.2. The second-order valence-corrected chi connectivity index (χ2v) is 6.58. The lowest BCUT2D eigenvalue weighted by molar-refractivity contribution is -0.114. The minimum absolute atomic E-state index is 0.126. The second kappa shape index (κ2) is 7.85. The summed E-state index contributed by atoms with van der Waals surface area (Å²) in [6, 6.07) is 13.2. The van der Waals surface area contributed by atoms with Gasteiger partial charge in [0.2, 0.25) is 11.8 Å². The van der Waals surface area contributed by atoms with E-state index in [0.29, 0.717) is 5.69 Å². The highest BCUT2D eigenvalue weighted by molar-refractivity contribution is 8.00. The lowest BCUT2D eigenvalue weighted by Gasteiger charge is -2.07. The molecule has 0 radical (unpaired) electrons. The molecule has 0 saturated heterocycles. The molecule has 7 heteroatoms. The summed E-state index contributed by atoms with van der Waals surface area (Å²) in [4.78, 5) is 24.0. The fourth-order valence-corrected chi connectivity index (χ4v) is 3.03. The second-order valence-electron chi connectivity index (χ2n) is 5.60. The minimum Gasteiger partial charge on any atom is -0.325 e. The van der Waals surface area contributed by atoms with E-state index in [1.807, 2.05) is 49.4 Å². The predicted octanol–water partition coefficient (Wildman–Crippen LogP) is 3.18. The molecule has 3 N–H and O–H groups in total. The summed E-state index contributed by atoms with van der Waals surface area (Å²) in [7, 11) is 0. The largest absolute Gasteiger partial charge is 0.325 e. The van der Waals surface area contributed by atoms with Crippen molar-refractivity contribution in [3.8, 4) is 0 Å². The summed E-state index contributed by atoms with van der Waals surface area (Å²) in [6.07, 6.45) is 1.70. The maximum absolute atomic E-state index is 12.1. The molecule has 2 aromatic carbocycles. The Kier molecular flexibility index (Phi) is 5.35. The lowest BCUT2D eigenvalue weighted by Crippen LogP contribution is -2.18. The number of anilines is 2. The molecule has 1 aromatic heterocycles. The van der Waals surface area contributed by atoms with Crippen LogP contribution in [0.3, 0.4) is 0 Å². The first-order valence-corrected chi connectivity index (χ1v) is 8.93. The third kappa shape index (κ3) is 4.60. The van der Waals surface area contributed by atoms with Crippen molar-refractivity contribution in [1.82, 2.24) is 10.2 Å². The molecule has 3 rings (SSSR count). The Morgan fingerprint density at radius 3 is 2.64 bits per heavy atom. The van der Waals surface area contributed by atoms with E-state index in [1.165, 1.54) is 11.8 Å². The summed E-state index contributed by atoms with van der Waals surface area (Å²) in [6.45, 7) is 1.97. The number of aromatic nitrogens is 2. The molecule has 0 aliphatic rings. The number of thioether (sulfide) groups is 1. The summed E-state index contributed by atoms with van der Waals surface area (Å²) >= 11 is 1.27. The average molecular weight is 354 g/mol. The Bertz CT molecular complexity index is 907. The highest BCUT2D eigenvalue weighted by Crippen LogP contribution is 2.20. The molecular formula is C18H18N4O2S. The van der Waals surface area contributed by atoms with Crippen LogP contribution in [0.25, 0.3) is 10.9 Å². The first-order chi connectivity index (χ1) is 12.1. The first-order valence-electron chi connectivity index (χ1n) is 7.78. The molecule has 1 heterocycles. The van der Waals surface area contributed by atoms with Gasteiger partial charge >= 0.3 is 0 Å². The maximum atomic E-state index is 12.1. The topological polar surface area (TPSA) is 86.9 Å². The number of nitrogens with one attached hydrogen (secondary N) is 3. The average Bonchev–Trinajstić information content (AvgIpc) is 3.04. The van der Waals surface area contributed by atoms with Crippen molar-refractivity contribution in [1.29, 1.82) is 0 Å². The van der Waals surface area contributed by atoms with E-state index < -0.39 is 0 Å². The summed E-state index contributed by atoms with van der Waals surface area (Å²) in [5.41, 5.74) is 3.32. The van der Waals surface area contributed by atoms with Gasteiger partial charge in [-0.1, -0.05) is 24.3 Å². The van der Waals surface area contributed by atoms with Gasteiger partial charge in [-0.3, -0.25) is 14.7 Å². The standard InChI is InChI=1S/C18H18N4O2S/c1-12-4-2-6-14(8-12)20-16(23)10-25-11-17(24)21-15-7-3-5-13-9-19-22-18(13)15/h2-9H,10-11H2,1H3,(H,19,22)(H,20,23)(H,21,24). The number of carbonyl (C=O) groups excluding carboxylic acids is 2. The number of H-pyrrole nitrogens is 1. The fraction of sp³-hybridized carbons (Fsp3) is 0.167. The van der Waals surface area contributed by atoms with E-state index in [2.05, 4.69) is 20.8 Å². The molecule has 0 bridgehead atoms. The molecule has 6 nitrogen and oxygen atoms in total. The molecule has 2 amide bonds. The normalized spacial score (nSPS) is 10.6. The van der Waals surface area contributed by atoms with Crippen molar-refractivity contribution >= 4 is 45.9 Å². The number of benzene rings is 2. The minimum atomic E-state index is -0.157. The molecule has 0 atom stereocenters. The number of rotatable bonds is 6. The van der Waals surface area contributed by atoms with E-state index in [4.69, 9.17) is 0 Å². The number of aromatic amines is 1. The van der Waals surface area contributed by atoms with Crippen LogP contribution in [-0.2, 0) is 9.59 Å². The van der Waals surface area contributed by atoms with Crippen molar-refractivity contribution in [2.24, 2.45) is 0 Å². The number of hydrogen-bond donors (Lipinski definition) is 3. The third-order valence-electron chi connectivity index (χ3n) is 3.52. The monoisotopic (exact) mass is 354 g/mol. The number of nitrogens with zero attached hydrogens (tertiary/aromatic N) is 1. The van der Waals surface area contributed by atoms with Crippen molar-refractivity contribution in [3.05, 3.63) is 54.2 Å². The van der Waals surface area contributed by atoms with Crippen LogP contribution in [-0.4, -0.2) is 33.5 Å². The number of fused-ring (bicyclic) bond motifs is 1. The molecule has 0 saturated carbocycles. The number of hydrogen-bond acceptors (Lipinski definition) is 4. The molecule has 0 unspecified atom stereocenters. The molecule has 0 fully saturated rings. The first kappa shape index (κ1) is 17.0. The van der Waals surface area contributed by atoms with E-state index in [0.717, 1.165) is 22.2 Å². The van der Waals surface area contributed by atoms with Crippen molar-refractivity contribution in [3.63, 3.8) is 0 Å². The van der Waals surface area contributed by atoms with Gasteiger partial charge in [0, 0.05) is 11.1 Å². The van der Waals surface area contributed by atoms with E-state index in [-0.39, 0.29) is 23.3 Å². The number of aryl methyl sites for hydroxylation is 1. The van der Waals surface area contributed by atoms with Crippen LogP contribution in [0, 0.1) is 6.92 Å². The van der Waals surface area contributed by atoms with Gasteiger partial charge in [0.15, 0.2) is 0 Å². The zero-order valence-corrected chi connectivity index (χ0v) is 14.5. The molecule has 128 valence electrons. The van der Waals surface area contributed by atoms with Gasteiger partial charge in [0.25, 0.3) is 0 Å². The smallest absolute Gasteiger partial charge is 0.234 e. The van der Waals surface area contributed by atoms with Crippen LogP contribution in [0.1, 0.15) is 5.56 Å². The maximum Gasteiger partial charge on any atom is 0.234 e. The van der Waals surface area contributed by atoms with E-state index in [9.17, 15) is 9.59 Å².